The van der Waals surface area contributed by atoms with Gasteiger partial charge in [0.05, 0.1) is 12.7 Å². The van der Waals surface area contributed by atoms with Gasteiger partial charge in [0.1, 0.15) is 18.1 Å². The molecule has 1 saturated heterocycles. The van der Waals surface area contributed by atoms with Crippen LogP contribution in [0.2, 0.25) is 0 Å². The molecular weight excluding hydrogens is 468 g/mol. The number of carbonyl (C=O) groups excluding carboxylic acids is 1. The Morgan fingerprint density at radius 1 is 0.919 bits per heavy atom. The molecule has 5 rings (SSSR count). The zero-order chi connectivity index (χ0) is 25.8. The third kappa shape index (κ3) is 4.71. The van der Waals surface area contributed by atoms with E-state index in [1.165, 1.54) is 10.8 Å². The second-order valence-corrected chi connectivity index (χ2v) is 9.23. The van der Waals surface area contributed by atoms with Crippen LogP contribution in [0.25, 0.3) is 0 Å². The smallest absolute Gasteiger partial charge is 0.330 e. The monoisotopic (exact) mass is 496 g/mol. The van der Waals surface area contributed by atoms with E-state index in [1.807, 2.05) is 91.0 Å². The molecule has 4 aromatic rings. The number of hydrogen-bond donors (Lipinski definition) is 1. The molecule has 0 bridgehead atoms. The first-order valence-corrected chi connectivity index (χ1v) is 12.3. The molecule has 7 nitrogen and oxygen atoms in total. The minimum atomic E-state index is -0.954. The highest BCUT2D eigenvalue weighted by atomic mass is 16.6. The Kier molecular flexibility index (Phi) is 6.99. The standard InChI is InChI=1S/C30H28N2O5/c1-21-18-32(29(35)31-28(21)34)27-17-22(19-33)26(37-27)20-36-30(23-11-5-2-6-12-23,24-13-7-3-8-14-24)25-15-9-4-10-16-25/h2-16,18-19,22,26-27H,17,20H2,1H3,(H,31,34,35)/t22?,26-,27-/m1/s1. The lowest BCUT2D eigenvalue weighted by molar-refractivity contribution is -0.117. The van der Waals surface area contributed by atoms with E-state index in [1.54, 1.807) is 6.92 Å². The molecule has 1 N–H and O–H groups in total. The number of H-pyrrole nitrogens is 1. The van der Waals surface area contributed by atoms with E-state index in [0.717, 1.165) is 23.0 Å². The molecule has 3 atom stereocenters. The van der Waals surface area contributed by atoms with Crippen molar-refractivity contribution in [1.29, 1.82) is 0 Å². The number of aromatic amines is 1. The van der Waals surface area contributed by atoms with Crippen molar-refractivity contribution in [3.8, 4) is 0 Å². The fraction of sp³-hybridized carbons (Fsp3) is 0.233. The molecule has 1 aliphatic rings. The van der Waals surface area contributed by atoms with Gasteiger partial charge in [-0.1, -0.05) is 91.0 Å². The second-order valence-electron chi connectivity index (χ2n) is 9.23. The van der Waals surface area contributed by atoms with Crippen LogP contribution in [-0.4, -0.2) is 28.5 Å². The van der Waals surface area contributed by atoms with Crippen molar-refractivity contribution in [2.45, 2.75) is 31.3 Å². The van der Waals surface area contributed by atoms with Crippen LogP contribution in [0.1, 0.15) is 34.9 Å². The van der Waals surface area contributed by atoms with Crippen LogP contribution in [0.5, 0.6) is 0 Å². The highest BCUT2D eigenvalue weighted by molar-refractivity contribution is 5.55. The lowest BCUT2D eigenvalue weighted by Gasteiger charge is -2.37. The molecule has 0 amide bonds. The number of aldehydes is 1. The van der Waals surface area contributed by atoms with E-state index in [4.69, 9.17) is 9.47 Å². The number of rotatable bonds is 8. The van der Waals surface area contributed by atoms with Gasteiger partial charge in [0.2, 0.25) is 0 Å². The Morgan fingerprint density at radius 2 is 1.43 bits per heavy atom. The Bertz CT molecular complexity index is 1370. The quantitative estimate of drug-likeness (QED) is 0.295. The van der Waals surface area contributed by atoms with Crippen LogP contribution < -0.4 is 11.2 Å². The van der Waals surface area contributed by atoms with E-state index in [2.05, 4.69) is 4.98 Å². The van der Waals surface area contributed by atoms with Gasteiger partial charge in [-0.2, -0.15) is 0 Å². The molecule has 1 aliphatic heterocycles. The van der Waals surface area contributed by atoms with Crippen molar-refractivity contribution in [2.75, 3.05) is 6.61 Å². The van der Waals surface area contributed by atoms with Crippen molar-refractivity contribution in [3.05, 3.63) is 140 Å². The van der Waals surface area contributed by atoms with Gasteiger partial charge in [-0.05, 0) is 23.6 Å². The van der Waals surface area contributed by atoms with Crippen molar-refractivity contribution < 1.29 is 14.3 Å². The molecular formula is C30H28N2O5. The molecule has 37 heavy (non-hydrogen) atoms. The Hall–Kier alpha value is -4.07. The molecule has 1 aromatic heterocycles. The number of carbonyl (C=O) groups is 1. The summed E-state index contributed by atoms with van der Waals surface area (Å²) < 4.78 is 14.4. The lowest BCUT2D eigenvalue weighted by atomic mass is 9.80. The van der Waals surface area contributed by atoms with Gasteiger partial charge in [0.25, 0.3) is 5.56 Å². The summed E-state index contributed by atoms with van der Waals surface area (Å²) in [6, 6.07) is 29.9. The average molecular weight is 497 g/mol. The largest absolute Gasteiger partial charge is 0.358 e. The second kappa shape index (κ2) is 10.5. The molecule has 0 spiro atoms. The number of aryl methyl sites for hydroxylation is 1. The van der Waals surface area contributed by atoms with Crippen LogP contribution in [0.4, 0.5) is 0 Å². The lowest BCUT2D eigenvalue weighted by Crippen LogP contribution is -2.37. The number of aromatic nitrogens is 2. The molecule has 2 heterocycles. The molecule has 0 saturated carbocycles. The summed E-state index contributed by atoms with van der Waals surface area (Å²) in [6.45, 7) is 1.73. The first-order valence-electron chi connectivity index (χ1n) is 12.3. The number of ether oxygens (including phenoxy) is 2. The topological polar surface area (TPSA) is 90.4 Å². The fourth-order valence-corrected chi connectivity index (χ4v) is 5.00. The van der Waals surface area contributed by atoms with Crippen LogP contribution in [0, 0.1) is 12.8 Å². The van der Waals surface area contributed by atoms with Crippen LogP contribution in [-0.2, 0) is 19.9 Å². The minimum absolute atomic E-state index is 0.107. The van der Waals surface area contributed by atoms with Crippen LogP contribution >= 0.6 is 0 Å². The molecule has 188 valence electrons. The van der Waals surface area contributed by atoms with Crippen molar-refractivity contribution in [2.24, 2.45) is 5.92 Å². The summed E-state index contributed by atoms with van der Waals surface area (Å²) in [7, 11) is 0. The van der Waals surface area contributed by atoms with E-state index in [9.17, 15) is 14.4 Å². The van der Waals surface area contributed by atoms with Gasteiger partial charge < -0.3 is 14.3 Å². The zero-order valence-corrected chi connectivity index (χ0v) is 20.4. The highest BCUT2D eigenvalue weighted by Crippen LogP contribution is 2.42. The molecule has 3 aromatic carbocycles. The Morgan fingerprint density at radius 3 is 1.92 bits per heavy atom. The Labute approximate surface area is 214 Å². The third-order valence-corrected chi connectivity index (χ3v) is 6.92. The maximum absolute atomic E-state index is 12.5. The fourth-order valence-electron chi connectivity index (χ4n) is 5.00. The van der Waals surface area contributed by atoms with Crippen LogP contribution in [0.15, 0.2) is 107 Å². The highest BCUT2D eigenvalue weighted by Gasteiger charge is 2.42. The molecule has 7 heteroatoms. The van der Waals surface area contributed by atoms with Crippen molar-refractivity contribution in [1.82, 2.24) is 9.55 Å². The summed E-state index contributed by atoms with van der Waals surface area (Å²) in [5.74, 6) is -0.482. The van der Waals surface area contributed by atoms with Gasteiger partial charge >= 0.3 is 5.69 Å². The maximum atomic E-state index is 12.5. The summed E-state index contributed by atoms with van der Waals surface area (Å²) in [5, 5.41) is 0. The van der Waals surface area contributed by atoms with Crippen molar-refractivity contribution >= 4 is 6.29 Å². The van der Waals surface area contributed by atoms with Gasteiger partial charge in [0, 0.05) is 24.1 Å². The van der Waals surface area contributed by atoms with Gasteiger partial charge in [0.15, 0.2) is 0 Å². The summed E-state index contributed by atoms with van der Waals surface area (Å²) in [6.07, 6.45) is 1.35. The SMILES string of the molecule is Cc1cn([C@H]2CC(C=O)[C@@H](COC(c3ccccc3)(c3ccccc3)c3ccccc3)O2)c(=O)[nH]c1=O. The minimum Gasteiger partial charge on any atom is -0.358 e. The van der Waals surface area contributed by atoms with E-state index >= 15 is 0 Å². The van der Waals surface area contributed by atoms with Gasteiger partial charge in [-0.25, -0.2) is 4.79 Å². The summed E-state index contributed by atoms with van der Waals surface area (Å²) in [4.78, 5) is 38.6. The van der Waals surface area contributed by atoms with E-state index in [-0.39, 0.29) is 6.61 Å². The molecule has 1 unspecified atom stereocenters. The Balaban J connectivity index is 1.52. The number of nitrogens with zero attached hydrogens (tertiary/aromatic N) is 1. The first kappa shape index (κ1) is 24.6. The molecule has 0 radical (unpaired) electrons. The predicted octanol–water partition coefficient (Wildman–Crippen LogP) is 3.96. The molecule has 1 fully saturated rings. The summed E-state index contributed by atoms with van der Waals surface area (Å²) in [5.41, 5.74) is 1.25. The normalized spacial score (nSPS) is 19.5. The van der Waals surface area contributed by atoms with Gasteiger partial charge in [-0.15, -0.1) is 0 Å². The van der Waals surface area contributed by atoms with Crippen molar-refractivity contribution in [3.63, 3.8) is 0 Å². The molecule has 0 aliphatic carbocycles. The number of nitrogens with one attached hydrogen (secondary N) is 1. The zero-order valence-electron chi connectivity index (χ0n) is 20.4. The average Bonchev–Trinajstić information content (AvgIpc) is 3.36. The van der Waals surface area contributed by atoms with E-state index < -0.39 is 35.1 Å². The maximum Gasteiger partial charge on any atom is 0.330 e. The summed E-state index contributed by atoms with van der Waals surface area (Å²) >= 11 is 0. The number of benzene rings is 3. The number of hydrogen-bond acceptors (Lipinski definition) is 5. The first-order chi connectivity index (χ1) is 18.0. The third-order valence-electron chi connectivity index (χ3n) is 6.92. The van der Waals surface area contributed by atoms with E-state index in [0.29, 0.717) is 12.0 Å². The predicted molar refractivity (Wildman–Crippen MR) is 139 cm³/mol. The van der Waals surface area contributed by atoms with Gasteiger partial charge in [-0.3, -0.25) is 14.3 Å². The van der Waals surface area contributed by atoms with Crippen LogP contribution in [0.3, 0.4) is 0 Å².